The number of ether oxygens (including phenoxy) is 2. The van der Waals surface area contributed by atoms with E-state index in [2.05, 4.69) is 4.90 Å². The zero-order valence-corrected chi connectivity index (χ0v) is 11.2. The molecule has 0 aromatic heterocycles. The van der Waals surface area contributed by atoms with Gasteiger partial charge in [0, 0.05) is 39.6 Å². The Hall–Kier alpha value is -1.46. The van der Waals surface area contributed by atoms with E-state index in [1.165, 1.54) is 0 Å². The Bertz CT molecular complexity index is 358. The molecule has 0 aliphatic heterocycles. The van der Waals surface area contributed by atoms with Crippen LogP contribution in [0.3, 0.4) is 0 Å². The Morgan fingerprint density at radius 1 is 1.00 bits per heavy atom. The number of nitrogens with two attached hydrogens (primary N) is 2. The molecule has 5 heteroatoms. The van der Waals surface area contributed by atoms with Crippen LogP contribution in [0, 0.1) is 0 Å². The highest BCUT2D eigenvalue weighted by molar-refractivity contribution is 5.69. The topological polar surface area (TPSA) is 73.7 Å². The highest BCUT2D eigenvalue weighted by Crippen LogP contribution is 2.23. The molecule has 1 aromatic carbocycles. The maximum absolute atomic E-state index is 5.83. The highest BCUT2D eigenvalue weighted by atomic mass is 16.5. The van der Waals surface area contributed by atoms with Crippen LogP contribution in [-0.2, 0) is 9.47 Å². The quantitative estimate of drug-likeness (QED) is 0.540. The summed E-state index contributed by atoms with van der Waals surface area (Å²) in [6.45, 7) is 3.15. The molecular weight excluding hydrogens is 230 g/mol. The van der Waals surface area contributed by atoms with E-state index in [1.54, 1.807) is 14.2 Å². The largest absolute Gasteiger partial charge is 0.397 e. The van der Waals surface area contributed by atoms with E-state index in [9.17, 15) is 0 Å². The van der Waals surface area contributed by atoms with Crippen molar-refractivity contribution in [1.82, 2.24) is 0 Å². The van der Waals surface area contributed by atoms with Crippen molar-refractivity contribution < 1.29 is 9.47 Å². The number of methoxy groups -OCH3 is 2. The van der Waals surface area contributed by atoms with Gasteiger partial charge in [0.2, 0.25) is 0 Å². The van der Waals surface area contributed by atoms with Crippen molar-refractivity contribution in [1.29, 1.82) is 0 Å². The van der Waals surface area contributed by atoms with E-state index in [0.717, 1.165) is 31.8 Å². The van der Waals surface area contributed by atoms with E-state index >= 15 is 0 Å². The Kier molecular flexibility index (Phi) is 6.32. The van der Waals surface area contributed by atoms with E-state index in [1.807, 2.05) is 18.2 Å². The van der Waals surface area contributed by atoms with Gasteiger partial charge < -0.3 is 25.8 Å². The first-order valence-electron chi connectivity index (χ1n) is 6.07. The van der Waals surface area contributed by atoms with Gasteiger partial charge in [-0.05, 0) is 24.6 Å². The molecule has 1 aromatic rings. The lowest BCUT2D eigenvalue weighted by atomic mass is 10.2. The number of rotatable bonds is 8. The van der Waals surface area contributed by atoms with E-state index in [4.69, 9.17) is 20.9 Å². The Morgan fingerprint density at radius 3 is 2.33 bits per heavy atom. The van der Waals surface area contributed by atoms with Crippen molar-refractivity contribution in [2.75, 3.05) is 56.9 Å². The molecule has 5 nitrogen and oxygen atoms in total. The molecule has 0 saturated heterocycles. The SMILES string of the molecule is COCCCN(CCOC)c1ccc(N)c(N)c1. The first kappa shape index (κ1) is 14.6. The number of anilines is 3. The second-order valence-electron chi connectivity index (χ2n) is 4.14. The van der Waals surface area contributed by atoms with Crippen molar-refractivity contribution in [3.8, 4) is 0 Å². The lowest BCUT2D eigenvalue weighted by Gasteiger charge is -2.25. The summed E-state index contributed by atoms with van der Waals surface area (Å²) in [6, 6.07) is 5.72. The van der Waals surface area contributed by atoms with E-state index in [-0.39, 0.29) is 0 Å². The third-order valence-electron chi connectivity index (χ3n) is 2.78. The van der Waals surface area contributed by atoms with Crippen LogP contribution in [0.1, 0.15) is 6.42 Å². The number of hydrogen-bond donors (Lipinski definition) is 2. The summed E-state index contributed by atoms with van der Waals surface area (Å²) in [4.78, 5) is 2.22. The van der Waals surface area contributed by atoms with Crippen molar-refractivity contribution in [3.05, 3.63) is 18.2 Å². The molecule has 0 unspecified atom stereocenters. The minimum absolute atomic E-state index is 0.613. The van der Waals surface area contributed by atoms with Gasteiger partial charge in [-0.25, -0.2) is 0 Å². The van der Waals surface area contributed by atoms with Crippen LogP contribution >= 0.6 is 0 Å². The van der Waals surface area contributed by atoms with Crippen LogP contribution in [0.4, 0.5) is 17.1 Å². The first-order valence-corrected chi connectivity index (χ1v) is 6.07. The number of nitrogens with zero attached hydrogens (tertiary/aromatic N) is 1. The van der Waals surface area contributed by atoms with Gasteiger partial charge in [0.1, 0.15) is 0 Å². The molecule has 0 atom stereocenters. The molecule has 0 amide bonds. The summed E-state index contributed by atoms with van der Waals surface area (Å²) >= 11 is 0. The van der Waals surface area contributed by atoms with Crippen LogP contribution in [0.2, 0.25) is 0 Å². The van der Waals surface area contributed by atoms with Gasteiger partial charge in [-0.3, -0.25) is 0 Å². The number of benzene rings is 1. The molecule has 18 heavy (non-hydrogen) atoms. The zero-order chi connectivity index (χ0) is 13.4. The fraction of sp³-hybridized carbons (Fsp3) is 0.538. The van der Waals surface area contributed by atoms with Crippen molar-refractivity contribution >= 4 is 17.1 Å². The molecule has 0 saturated carbocycles. The minimum Gasteiger partial charge on any atom is -0.397 e. The molecule has 102 valence electrons. The predicted molar refractivity (Wildman–Crippen MR) is 75.8 cm³/mol. The lowest BCUT2D eigenvalue weighted by molar-refractivity contribution is 0.191. The summed E-state index contributed by atoms with van der Waals surface area (Å²) in [6.07, 6.45) is 0.963. The van der Waals surface area contributed by atoms with Gasteiger partial charge in [-0.1, -0.05) is 0 Å². The lowest BCUT2D eigenvalue weighted by Crippen LogP contribution is -2.29. The third-order valence-corrected chi connectivity index (χ3v) is 2.78. The van der Waals surface area contributed by atoms with Gasteiger partial charge in [0.25, 0.3) is 0 Å². The summed E-state index contributed by atoms with van der Waals surface area (Å²) in [5.74, 6) is 0. The molecule has 0 aliphatic carbocycles. The Balaban J connectivity index is 2.70. The van der Waals surface area contributed by atoms with Crippen LogP contribution in [0.5, 0.6) is 0 Å². The average Bonchev–Trinajstić information content (AvgIpc) is 2.37. The van der Waals surface area contributed by atoms with Crippen LogP contribution < -0.4 is 16.4 Å². The van der Waals surface area contributed by atoms with Crippen LogP contribution in [0.25, 0.3) is 0 Å². The molecule has 0 heterocycles. The van der Waals surface area contributed by atoms with Gasteiger partial charge >= 0.3 is 0 Å². The molecule has 4 N–H and O–H groups in total. The van der Waals surface area contributed by atoms with Crippen molar-refractivity contribution in [3.63, 3.8) is 0 Å². The minimum atomic E-state index is 0.613. The second kappa shape index (κ2) is 7.79. The van der Waals surface area contributed by atoms with Gasteiger partial charge in [0.15, 0.2) is 0 Å². The predicted octanol–water partition coefficient (Wildman–Crippen LogP) is 1.34. The molecular formula is C13H23N3O2. The Labute approximate surface area is 109 Å². The maximum atomic E-state index is 5.83. The second-order valence-corrected chi connectivity index (χ2v) is 4.14. The van der Waals surface area contributed by atoms with Crippen LogP contribution in [0.15, 0.2) is 18.2 Å². The highest BCUT2D eigenvalue weighted by Gasteiger charge is 2.07. The Morgan fingerprint density at radius 2 is 1.72 bits per heavy atom. The third kappa shape index (κ3) is 4.43. The molecule has 0 fully saturated rings. The summed E-state index contributed by atoms with van der Waals surface area (Å²) < 4.78 is 10.2. The van der Waals surface area contributed by atoms with E-state index in [0.29, 0.717) is 18.0 Å². The fourth-order valence-corrected chi connectivity index (χ4v) is 1.73. The molecule has 0 radical (unpaired) electrons. The fourth-order valence-electron chi connectivity index (χ4n) is 1.73. The summed E-state index contributed by atoms with van der Waals surface area (Å²) in [5, 5.41) is 0. The first-order chi connectivity index (χ1) is 8.69. The number of hydrogen-bond acceptors (Lipinski definition) is 5. The van der Waals surface area contributed by atoms with Gasteiger partial charge in [-0.2, -0.15) is 0 Å². The van der Waals surface area contributed by atoms with Crippen LogP contribution in [-0.4, -0.2) is 40.5 Å². The standard InChI is InChI=1S/C13H23N3O2/c1-17-8-3-6-16(7-9-18-2)11-4-5-12(14)13(15)10-11/h4-5,10H,3,6-9,14-15H2,1-2H3. The molecule has 0 spiro atoms. The smallest absolute Gasteiger partial charge is 0.0637 e. The molecule has 1 rings (SSSR count). The van der Waals surface area contributed by atoms with Gasteiger partial charge in [0.05, 0.1) is 18.0 Å². The average molecular weight is 253 g/mol. The molecule has 0 aliphatic rings. The normalized spacial score (nSPS) is 10.6. The zero-order valence-electron chi connectivity index (χ0n) is 11.2. The summed E-state index contributed by atoms with van der Waals surface area (Å²) in [7, 11) is 3.41. The summed E-state index contributed by atoms with van der Waals surface area (Å²) in [5.41, 5.74) is 13.8. The number of nitrogen functional groups attached to an aromatic ring is 2. The van der Waals surface area contributed by atoms with Crippen molar-refractivity contribution in [2.24, 2.45) is 0 Å². The molecule has 0 bridgehead atoms. The van der Waals surface area contributed by atoms with E-state index < -0.39 is 0 Å². The van der Waals surface area contributed by atoms with Crippen molar-refractivity contribution in [2.45, 2.75) is 6.42 Å². The maximum Gasteiger partial charge on any atom is 0.0637 e. The monoisotopic (exact) mass is 253 g/mol. The van der Waals surface area contributed by atoms with Gasteiger partial charge in [-0.15, -0.1) is 0 Å².